The Morgan fingerprint density at radius 2 is 1.90 bits per heavy atom. The lowest BCUT2D eigenvalue weighted by Crippen LogP contribution is -2.05. The smallest absolute Gasteiger partial charge is 0.159 e. The highest BCUT2D eigenvalue weighted by Crippen LogP contribution is 2.33. The van der Waals surface area contributed by atoms with Gasteiger partial charge in [0.25, 0.3) is 0 Å². The SMILES string of the molecule is CCCCOc1cc([S+]2CCCC2)cc2ccccc12. The molecule has 2 aromatic carbocycles. The van der Waals surface area contributed by atoms with Crippen LogP contribution in [0.1, 0.15) is 32.6 Å². The summed E-state index contributed by atoms with van der Waals surface area (Å²) in [7, 11) is 0.456. The summed E-state index contributed by atoms with van der Waals surface area (Å²) >= 11 is 0. The summed E-state index contributed by atoms with van der Waals surface area (Å²) in [5.41, 5.74) is 0. The zero-order valence-corrected chi connectivity index (χ0v) is 13.0. The first kappa shape index (κ1) is 13.8. The van der Waals surface area contributed by atoms with Crippen LogP contribution >= 0.6 is 0 Å². The van der Waals surface area contributed by atoms with Crippen LogP contribution < -0.4 is 4.74 Å². The van der Waals surface area contributed by atoms with Crippen LogP contribution in [0.2, 0.25) is 0 Å². The lowest BCUT2D eigenvalue weighted by Gasteiger charge is -2.11. The van der Waals surface area contributed by atoms with Gasteiger partial charge in [0.2, 0.25) is 0 Å². The first-order valence-electron chi connectivity index (χ1n) is 7.71. The van der Waals surface area contributed by atoms with Crippen LogP contribution in [-0.4, -0.2) is 18.1 Å². The predicted octanol–water partition coefficient (Wildman–Crippen LogP) is 4.79. The number of benzene rings is 2. The first-order chi connectivity index (χ1) is 9.88. The van der Waals surface area contributed by atoms with Gasteiger partial charge in [-0.3, -0.25) is 0 Å². The lowest BCUT2D eigenvalue weighted by atomic mass is 10.1. The number of rotatable bonds is 5. The second kappa shape index (κ2) is 6.53. The molecule has 1 saturated heterocycles. The molecule has 0 spiro atoms. The lowest BCUT2D eigenvalue weighted by molar-refractivity contribution is 0.312. The van der Waals surface area contributed by atoms with Gasteiger partial charge >= 0.3 is 0 Å². The van der Waals surface area contributed by atoms with Gasteiger partial charge in [-0.05, 0) is 24.6 Å². The summed E-state index contributed by atoms with van der Waals surface area (Å²) < 4.78 is 6.06. The number of hydrogen-bond acceptors (Lipinski definition) is 1. The molecule has 0 bridgehead atoms. The topological polar surface area (TPSA) is 9.23 Å². The minimum Gasteiger partial charge on any atom is -0.493 e. The van der Waals surface area contributed by atoms with Gasteiger partial charge < -0.3 is 4.74 Å². The highest BCUT2D eigenvalue weighted by atomic mass is 32.2. The molecule has 0 amide bonds. The highest BCUT2D eigenvalue weighted by molar-refractivity contribution is 7.97. The van der Waals surface area contributed by atoms with Crippen molar-refractivity contribution in [3.8, 4) is 5.75 Å². The summed E-state index contributed by atoms with van der Waals surface area (Å²) in [6, 6.07) is 13.3. The van der Waals surface area contributed by atoms with Crippen molar-refractivity contribution in [2.45, 2.75) is 37.5 Å². The third-order valence-electron chi connectivity index (χ3n) is 3.92. The minimum atomic E-state index is 0.456. The molecule has 2 aromatic rings. The zero-order valence-electron chi connectivity index (χ0n) is 12.2. The van der Waals surface area contributed by atoms with E-state index in [1.54, 1.807) is 0 Å². The van der Waals surface area contributed by atoms with Gasteiger partial charge in [0, 0.05) is 28.4 Å². The molecular formula is C18H23OS+. The predicted molar refractivity (Wildman–Crippen MR) is 89.0 cm³/mol. The van der Waals surface area contributed by atoms with E-state index < -0.39 is 0 Å². The fraction of sp³-hybridized carbons (Fsp3) is 0.444. The van der Waals surface area contributed by atoms with Crippen molar-refractivity contribution in [1.82, 2.24) is 0 Å². The molecule has 106 valence electrons. The maximum atomic E-state index is 6.06. The van der Waals surface area contributed by atoms with E-state index in [1.807, 2.05) is 0 Å². The van der Waals surface area contributed by atoms with Crippen molar-refractivity contribution in [1.29, 1.82) is 0 Å². The van der Waals surface area contributed by atoms with Gasteiger partial charge in [-0.1, -0.05) is 37.6 Å². The molecule has 0 unspecified atom stereocenters. The molecule has 0 radical (unpaired) electrons. The van der Waals surface area contributed by atoms with Crippen molar-refractivity contribution in [2.24, 2.45) is 0 Å². The van der Waals surface area contributed by atoms with Gasteiger partial charge in [-0.15, -0.1) is 0 Å². The van der Waals surface area contributed by atoms with Gasteiger partial charge in [0.05, 0.1) is 6.61 Å². The fourth-order valence-corrected chi connectivity index (χ4v) is 5.10. The van der Waals surface area contributed by atoms with E-state index in [0.717, 1.165) is 18.8 Å². The summed E-state index contributed by atoms with van der Waals surface area (Å²) in [6.45, 7) is 3.04. The molecule has 1 fully saturated rings. The van der Waals surface area contributed by atoms with E-state index in [-0.39, 0.29) is 0 Å². The van der Waals surface area contributed by atoms with Crippen LogP contribution in [0.25, 0.3) is 10.8 Å². The number of hydrogen-bond donors (Lipinski definition) is 0. The molecule has 0 aliphatic carbocycles. The van der Waals surface area contributed by atoms with Crippen LogP contribution in [-0.2, 0) is 10.9 Å². The normalized spacial score (nSPS) is 15.8. The quantitative estimate of drug-likeness (QED) is 0.567. The molecular weight excluding hydrogens is 264 g/mol. The van der Waals surface area contributed by atoms with Gasteiger partial charge in [-0.25, -0.2) is 0 Å². The van der Waals surface area contributed by atoms with Crippen LogP contribution in [0, 0.1) is 0 Å². The monoisotopic (exact) mass is 287 g/mol. The second-order valence-electron chi connectivity index (χ2n) is 5.45. The Morgan fingerprint density at radius 1 is 1.10 bits per heavy atom. The van der Waals surface area contributed by atoms with Crippen LogP contribution in [0.15, 0.2) is 41.3 Å². The molecule has 1 nitrogen and oxygen atoms in total. The second-order valence-corrected chi connectivity index (χ2v) is 7.73. The minimum absolute atomic E-state index is 0.456. The number of ether oxygens (including phenoxy) is 1. The third kappa shape index (κ3) is 2.95. The first-order valence-corrected chi connectivity index (χ1v) is 9.28. The summed E-state index contributed by atoms with van der Waals surface area (Å²) in [4.78, 5) is 1.51. The van der Waals surface area contributed by atoms with E-state index in [0.29, 0.717) is 10.9 Å². The molecule has 1 heterocycles. The molecule has 1 aliphatic rings. The Labute approximate surface area is 124 Å². The van der Waals surface area contributed by atoms with Crippen molar-refractivity contribution in [3.05, 3.63) is 36.4 Å². The third-order valence-corrected chi connectivity index (χ3v) is 6.38. The molecule has 0 N–H and O–H groups in total. The van der Waals surface area contributed by atoms with Crippen LogP contribution in [0.3, 0.4) is 0 Å². The van der Waals surface area contributed by atoms with Crippen molar-refractivity contribution < 1.29 is 4.74 Å². The average Bonchev–Trinajstić information content (AvgIpc) is 3.01. The Bertz CT molecular complexity index is 573. The zero-order chi connectivity index (χ0) is 13.8. The maximum absolute atomic E-state index is 6.06. The number of fused-ring (bicyclic) bond motifs is 1. The van der Waals surface area contributed by atoms with E-state index in [1.165, 1.54) is 46.4 Å². The number of unbranched alkanes of at least 4 members (excludes halogenated alkanes) is 1. The van der Waals surface area contributed by atoms with E-state index >= 15 is 0 Å². The maximum Gasteiger partial charge on any atom is 0.159 e. The fourth-order valence-electron chi connectivity index (χ4n) is 2.75. The van der Waals surface area contributed by atoms with Crippen LogP contribution in [0.4, 0.5) is 0 Å². The van der Waals surface area contributed by atoms with E-state index in [2.05, 4.69) is 43.3 Å². The molecule has 3 rings (SSSR count). The Balaban J connectivity index is 1.95. The summed E-state index contributed by atoms with van der Waals surface area (Å²) in [6.07, 6.45) is 5.09. The highest BCUT2D eigenvalue weighted by Gasteiger charge is 2.27. The molecule has 1 aliphatic heterocycles. The largest absolute Gasteiger partial charge is 0.493 e. The summed E-state index contributed by atoms with van der Waals surface area (Å²) in [5.74, 6) is 3.82. The van der Waals surface area contributed by atoms with Crippen molar-refractivity contribution in [2.75, 3.05) is 18.1 Å². The molecule has 0 saturated carbocycles. The molecule has 2 heteroatoms. The Kier molecular flexibility index (Phi) is 4.51. The molecule has 0 aromatic heterocycles. The van der Waals surface area contributed by atoms with Gasteiger partial charge in [0.15, 0.2) is 4.90 Å². The molecule has 20 heavy (non-hydrogen) atoms. The Hall–Kier alpha value is -1.15. The van der Waals surface area contributed by atoms with Crippen molar-refractivity contribution >= 4 is 21.7 Å². The summed E-state index contributed by atoms with van der Waals surface area (Å²) in [5, 5.41) is 2.59. The molecule has 0 atom stereocenters. The van der Waals surface area contributed by atoms with Gasteiger partial charge in [0.1, 0.15) is 17.3 Å². The van der Waals surface area contributed by atoms with Crippen LogP contribution in [0.5, 0.6) is 5.75 Å². The van der Waals surface area contributed by atoms with Crippen molar-refractivity contribution in [3.63, 3.8) is 0 Å². The average molecular weight is 287 g/mol. The van der Waals surface area contributed by atoms with E-state index in [9.17, 15) is 0 Å². The standard InChI is InChI=1S/C18H23OS/c1-2-3-10-19-18-14-16(20-11-6-7-12-20)13-15-8-4-5-9-17(15)18/h4-5,8-9,13-14H,2-3,6-7,10-12H2,1H3/q+1. The van der Waals surface area contributed by atoms with E-state index in [4.69, 9.17) is 4.74 Å². The Morgan fingerprint density at radius 3 is 2.70 bits per heavy atom. The van der Waals surface area contributed by atoms with Gasteiger partial charge in [-0.2, -0.15) is 0 Å².